The molecule has 0 radical (unpaired) electrons. The molecule has 1 amide bonds. The van der Waals surface area contributed by atoms with Gasteiger partial charge in [-0.25, -0.2) is 0 Å². The third-order valence-electron chi connectivity index (χ3n) is 4.42. The highest BCUT2D eigenvalue weighted by atomic mass is 16.5. The minimum absolute atomic E-state index is 0.0473. The average molecular weight is 317 g/mol. The van der Waals surface area contributed by atoms with Crippen molar-refractivity contribution >= 4 is 18.0 Å². The van der Waals surface area contributed by atoms with Crippen molar-refractivity contribution in [3.8, 4) is 11.5 Å². The van der Waals surface area contributed by atoms with Gasteiger partial charge in [-0.15, -0.1) is 0 Å². The molecule has 6 heteroatoms. The fourth-order valence-electron chi connectivity index (χ4n) is 3.06. The largest absolute Gasteiger partial charge is 0.497 e. The van der Waals surface area contributed by atoms with Crippen LogP contribution in [0.5, 0.6) is 11.5 Å². The highest BCUT2D eigenvalue weighted by molar-refractivity contribution is 5.99. The molecule has 1 aromatic carbocycles. The van der Waals surface area contributed by atoms with Crippen LogP contribution in [0.1, 0.15) is 12.5 Å². The summed E-state index contributed by atoms with van der Waals surface area (Å²) in [6.45, 7) is 2.76. The summed E-state index contributed by atoms with van der Waals surface area (Å²) in [6.07, 6.45) is 1.79. The van der Waals surface area contributed by atoms with Crippen LogP contribution in [-0.4, -0.2) is 48.7 Å². The van der Waals surface area contributed by atoms with Crippen LogP contribution >= 0.6 is 0 Å². The Bertz CT molecular complexity index is 682. The Morgan fingerprint density at radius 3 is 2.78 bits per heavy atom. The van der Waals surface area contributed by atoms with E-state index < -0.39 is 11.9 Å². The number of fused-ring (bicyclic) bond motifs is 1. The molecule has 1 saturated heterocycles. The van der Waals surface area contributed by atoms with Gasteiger partial charge in [0.25, 0.3) is 5.91 Å². The second-order valence-corrected chi connectivity index (χ2v) is 5.99. The quantitative estimate of drug-likeness (QED) is 0.917. The highest BCUT2D eigenvalue weighted by Gasteiger charge is 2.38. The van der Waals surface area contributed by atoms with E-state index in [1.165, 1.54) is 0 Å². The number of likely N-dealkylation sites (tertiary alicyclic amines) is 1. The van der Waals surface area contributed by atoms with E-state index in [2.05, 4.69) is 0 Å². The number of carboxylic acids is 1. The summed E-state index contributed by atoms with van der Waals surface area (Å²) in [5.74, 6) is -0.158. The first-order chi connectivity index (χ1) is 11.0. The Hall–Kier alpha value is -2.50. The van der Waals surface area contributed by atoms with Crippen LogP contribution in [0.4, 0.5) is 0 Å². The zero-order valence-corrected chi connectivity index (χ0v) is 13.1. The Labute approximate surface area is 134 Å². The second kappa shape index (κ2) is 5.95. The van der Waals surface area contributed by atoms with E-state index in [4.69, 9.17) is 9.47 Å². The van der Waals surface area contributed by atoms with Gasteiger partial charge in [0.15, 0.2) is 0 Å². The van der Waals surface area contributed by atoms with Crippen molar-refractivity contribution in [1.29, 1.82) is 0 Å². The smallest absolute Gasteiger partial charge is 0.308 e. The van der Waals surface area contributed by atoms with Crippen molar-refractivity contribution in [2.24, 2.45) is 11.8 Å². The summed E-state index contributed by atoms with van der Waals surface area (Å²) in [5.41, 5.74) is 1.32. The number of nitrogens with zero attached hydrogens (tertiary/aromatic N) is 1. The number of carbonyl (C=O) groups excluding carboxylic acids is 1. The molecule has 0 aliphatic carbocycles. The average Bonchev–Trinajstić information content (AvgIpc) is 2.95. The van der Waals surface area contributed by atoms with Gasteiger partial charge >= 0.3 is 5.97 Å². The highest BCUT2D eigenvalue weighted by Crippen LogP contribution is 2.31. The van der Waals surface area contributed by atoms with Crippen molar-refractivity contribution in [3.05, 3.63) is 29.3 Å². The molecule has 2 aliphatic rings. The number of hydrogen-bond acceptors (Lipinski definition) is 4. The summed E-state index contributed by atoms with van der Waals surface area (Å²) in [4.78, 5) is 25.4. The van der Waals surface area contributed by atoms with E-state index in [0.717, 1.165) is 5.56 Å². The van der Waals surface area contributed by atoms with E-state index >= 15 is 0 Å². The maximum atomic E-state index is 12.6. The number of aliphatic carboxylic acids is 1. The van der Waals surface area contributed by atoms with Crippen molar-refractivity contribution in [1.82, 2.24) is 4.90 Å². The molecule has 0 aromatic heterocycles. The number of hydrogen-bond donors (Lipinski definition) is 1. The molecule has 2 aliphatic heterocycles. The lowest BCUT2D eigenvalue weighted by atomic mass is 9.99. The first-order valence-electron chi connectivity index (χ1n) is 7.53. The third-order valence-corrected chi connectivity index (χ3v) is 4.42. The zero-order chi connectivity index (χ0) is 16.6. The molecule has 0 bridgehead atoms. The Kier molecular flexibility index (Phi) is 3.98. The molecule has 1 fully saturated rings. The molecule has 122 valence electrons. The van der Waals surface area contributed by atoms with E-state index in [0.29, 0.717) is 23.6 Å². The topological polar surface area (TPSA) is 76.1 Å². The molecule has 3 rings (SSSR count). The van der Waals surface area contributed by atoms with Gasteiger partial charge in [-0.2, -0.15) is 0 Å². The molecule has 1 N–H and O–H groups in total. The Morgan fingerprint density at radius 2 is 2.13 bits per heavy atom. The molecule has 0 spiro atoms. The fourth-order valence-corrected chi connectivity index (χ4v) is 3.06. The summed E-state index contributed by atoms with van der Waals surface area (Å²) >= 11 is 0. The van der Waals surface area contributed by atoms with Crippen molar-refractivity contribution in [2.75, 3.05) is 26.8 Å². The van der Waals surface area contributed by atoms with E-state index in [1.54, 1.807) is 24.2 Å². The van der Waals surface area contributed by atoms with Gasteiger partial charge in [0.05, 0.1) is 18.6 Å². The van der Waals surface area contributed by atoms with Gasteiger partial charge in [-0.3, -0.25) is 9.59 Å². The molecule has 1 aromatic rings. The SMILES string of the molecule is COc1ccc2c(c1)C=C(C(=O)N1C[C@@H](C)[C@H](C(=O)O)C1)CO2. The summed E-state index contributed by atoms with van der Waals surface area (Å²) < 4.78 is 10.8. The lowest BCUT2D eigenvalue weighted by Gasteiger charge is -2.22. The lowest BCUT2D eigenvalue weighted by Crippen LogP contribution is -2.33. The molecular weight excluding hydrogens is 298 g/mol. The van der Waals surface area contributed by atoms with Crippen LogP contribution < -0.4 is 9.47 Å². The maximum Gasteiger partial charge on any atom is 0.308 e. The summed E-state index contributed by atoms with van der Waals surface area (Å²) in [6, 6.07) is 5.43. The number of carbonyl (C=O) groups is 2. The molecule has 2 atom stereocenters. The molecule has 0 saturated carbocycles. The predicted octanol–water partition coefficient (Wildman–Crippen LogP) is 1.65. The number of methoxy groups -OCH3 is 1. The minimum atomic E-state index is -0.850. The Balaban J connectivity index is 1.81. The lowest BCUT2D eigenvalue weighted by molar-refractivity contribution is -0.142. The Morgan fingerprint density at radius 1 is 1.35 bits per heavy atom. The van der Waals surface area contributed by atoms with Crippen molar-refractivity contribution in [2.45, 2.75) is 6.92 Å². The fraction of sp³-hybridized carbons (Fsp3) is 0.412. The standard InChI is InChI=1S/C17H19NO5/c1-10-7-18(8-14(10)17(20)21)16(19)12-5-11-6-13(22-2)3-4-15(11)23-9-12/h3-6,10,14H,7-9H2,1-2H3,(H,20,21)/t10-,14-/m1/s1. The van der Waals surface area contributed by atoms with Gasteiger partial charge in [0.1, 0.15) is 18.1 Å². The molecule has 6 nitrogen and oxygen atoms in total. The summed E-state index contributed by atoms with van der Waals surface area (Å²) in [7, 11) is 1.58. The van der Waals surface area contributed by atoms with Crippen LogP contribution in [0.2, 0.25) is 0 Å². The summed E-state index contributed by atoms with van der Waals surface area (Å²) in [5, 5.41) is 9.19. The van der Waals surface area contributed by atoms with Crippen LogP contribution in [-0.2, 0) is 9.59 Å². The number of rotatable bonds is 3. The monoisotopic (exact) mass is 317 g/mol. The normalized spacial score (nSPS) is 22.9. The van der Waals surface area contributed by atoms with Crippen LogP contribution in [0.25, 0.3) is 6.08 Å². The van der Waals surface area contributed by atoms with Gasteiger partial charge in [-0.1, -0.05) is 6.92 Å². The minimum Gasteiger partial charge on any atom is -0.497 e. The van der Waals surface area contributed by atoms with Crippen molar-refractivity contribution in [3.63, 3.8) is 0 Å². The third kappa shape index (κ3) is 2.88. The van der Waals surface area contributed by atoms with Gasteiger partial charge in [-0.05, 0) is 30.2 Å². The molecule has 2 heterocycles. The van der Waals surface area contributed by atoms with Crippen molar-refractivity contribution < 1.29 is 24.2 Å². The number of carboxylic acid groups (broad SMARTS) is 1. The van der Waals surface area contributed by atoms with E-state index in [-0.39, 0.29) is 25.0 Å². The number of amides is 1. The molecule has 23 heavy (non-hydrogen) atoms. The predicted molar refractivity (Wildman–Crippen MR) is 83.3 cm³/mol. The van der Waals surface area contributed by atoms with Crippen LogP contribution in [0.15, 0.2) is 23.8 Å². The van der Waals surface area contributed by atoms with Crippen LogP contribution in [0.3, 0.4) is 0 Å². The maximum absolute atomic E-state index is 12.6. The van der Waals surface area contributed by atoms with Gasteiger partial charge in [0, 0.05) is 18.7 Å². The zero-order valence-electron chi connectivity index (χ0n) is 13.1. The van der Waals surface area contributed by atoms with E-state index in [1.807, 2.05) is 19.1 Å². The number of benzene rings is 1. The van der Waals surface area contributed by atoms with E-state index in [9.17, 15) is 14.7 Å². The molecule has 0 unspecified atom stereocenters. The first-order valence-corrected chi connectivity index (χ1v) is 7.53. The van der Waals surface area contributed by atoms with Gasteiger partial charge in [0.2, 0.25) is 0 Å². The second-order valence-electron chi connectivity index (χ2n) is 5.99. The van der Waals surface area contributed by atoms with Crippen LogP contribution in [0, 0.1) is 11.8 Å². The molecular formula is C17H19NO5. The first kappa shape index (κ1) is 15.4. The van der Waals surface area contributed by atoms with Gasteiger partial charge < -0.3 is 19.5 Å². The number of ether oxygens (including phenoxy) is 2.